The molecule has 0 aliphatic carbocycles. The lowest BCUT2D eigenvalue weighted by molar-refractivity contribution is -0.266. The van der Waals surface area contributed by atoms with Gasteiger partial charge in [-0.1, -0.05) is 6.92 Å². The quantitative estimate of drug-likeness (QED) is 0.275. The lowest BCUT2D eigenvalue weighted by atomic mass is 9.90. The molecule has 2 unspecified atom stereocenters. The van der Waals surface area contributed by atoms with E-state index in [1.165, 1.54) is 20.8 Å². The monoisotopic (exact) mass is 528 g/mol. The standard InChI is InChI=1S/C23H35F3O10/c1-10-19(4,5)16(29)32-11-21(8,12-33-17(30)20(6,7)35-14(2)27)13-34-18(31)22(9,23(24,25)26)36-15(3)28/h10-13H2,1-9H3. The lowest BCUT2D eigenvalue weighted by Gasteiger charge is -2.33. The minimum absolute atomic E-state index is 0.333. The van der Waals surface area contributed by atoms with E-state index in [0.717, 1.165) is 6.92 Å². The third-order valence-corrected chi connectivity index (χ3v) is 5.26. The van der Waals surface area contributed by atoms with Crippen LogP contribution in [-0.2, 0) is 47.7 Å². The molecule has 0 fully saturated rings. The van der Waals surface area contributed by atoms with Crippen LogP contribution in [0.1, 0.15) is 68.7 Å². The van der Waals surface area contributed by atoms with Crippen molar-refractivity contribution in [3.63, 3.8) is 0 Å². The zero-order valence-electron chi connectivity index (χ0n) is 22.0. The molecular formula is C23H35F3O10. The van der Waals surface area contributed by atoms with Crippen molar-refractivity contribution < 1.29 is 60.8 Å². The maximum Gasteiger partial charge on any atom is 0.439 e. The molecule has 0 amide bonds. The molecule has 0 saturated carbocycles. The Morgan fingerprint density at radius 3 is 1.39 bits per heavy atom. The molecule has 0 aromatic carbocycles. The van der Waals surface area contributed by atoms with Gasteiger partial charge in [0.05, 0.1) is 10.8 Å². The van der Waals surface area contributed by atoms with Gasteiger partial charge in [0.1, 0.15) is 19.8 Å². The maximum atomic E-state index is 13.5. The van der Waals surface area contributed by atoms with E-state index in [0.29, 0.717) is 20.3 Å². The highest BCUT2D eigenvalue weighted by Crippen LogP contribution is 2.35. The summed E-state index contributed by atoms with van der Waals surface area (Å²) in [4.78, 5) is 59.6. The first-order valence-corrected chi connectivity index (χ1v) is 11.0. The second kappa shape index (κ2) is 11.9. The van der Waals surface area contributed by atoms with Crippen molar-refractivity contribution >= 4 is 29.8 Å². The zero-order chi connectivity index (χ0) is 28.8. The van der Waals surface area contributed by atoms with Gasteiger partial charge in [-0.2, -0.15) is 13.2 Å². The fraction of sp³-hybridized carbons (Fsp3) is 0.783. The Morgan fingerprint density at radius 1 is 0.639 bits per heavy atom. The van der Waals surface area contributed by atoms with E-state index < -0.39 is 77.9 Å². The van der Waals surface area contributed by atoms with E-state index in [1.54, 1.807) is 20.8 Å². The van der Waals surface area contributed by atoms with Crippen LogP contribution in [0.4, 0.5) is 13.2 Å². The summed E-state index contributed by atoms with van der Waals surface area (Å²) >= 11 is 0. The second-order valence-electron chi connectivity index (χ2n) is 10.0. The molecule has 0 aliphatic heterocycles. The molecule has 2 atom stereocenters. The van der Waals surface area contributed by atoms with Crippen molar-refractivity contribution in [3.8, 4) is 0 Å². The van der Waals surface area contributed by atoms with Gasteiger partial charge in [-0.3, -0.25) is 14.4 Å². The van der Waals surface area contributed by atoms with Crippen LogP contribution in [-0.4, -0.2) is 67.0 Å². The molecule has 0 aliphatic rings. The first kappa shape index (κ1) is 33.1. The molecule has 0 heterocycles. The molecular weight excluding hydrogens is 493 g/mol. The first-order chi connectivity index (χ1) is 16.0. The third-order valence-electron chi connectivity index (χ3n) is 5.26. The van der Waals surface area contributed by atoms with E-state index in [4.69, 9.17) is 18.9 Å². The van der Waals surface area contributed by atoms with Crippen LogP contribution in [0.25, 0.3) is 0 Å². The number of halogens is 3. The molecule has 0 rings (SSSR count). The Labute approximate surface area is 208 Å². The second-order valence-corrected chi connectivity index (χ2v) is 10.0. The van der Waals surface area contributed by atoms with Crippen LogP contribution in [0.3, 0.4) is 0 Å². The predicted molar refractivity (Wildman–Crippen MR) is 117 cm³/mol. The summed E-state index contributed by atoms with van der Waals surface area (Å²) in [6, 6.07) is 0. The minimum atomic E-state index is -5.30. The maximum absolute atomic E-state index is 13.5. The largest absolute Gasteiger partial charge is 0.464 e. The molecule has 0 spiro atoms. The van der Waals surface area contributed by atoms with Crippen LogP contribution in [0.2, 0.25) is 0 Å². The van der Waals surface area contributed by atoms with Crippen LogP contribution >= 0.6 is 0 Å². The van der Waals surface area contributed by atoms with E-state index >= 15 is 0 Å². The van der Waals surface area contributed by atoms with Gasteiger partial charge in [-0.15, -0.1) is 0 Å². The first-order valence-electron chi connectivity index (χ1n) is 11.0. The SMILES string of the molecule is CCC(C)(C)C(=O)OCC(C)(COC(=O)C(C)(C)OC(C)=O)COC(=O)C(C)(OC(C)=O)C(F)(F)F. The fourth-order valence-corrected chi connectivity index (χ4v) is 2.40. The van der Waals surface area contributed by atoms with Gasteiger partial charge in [0.2, 0.25) is 5.60 Å². The van der Waals surface area contributed by atoms with Crippen molar-refractivity contribution in [3.05, 3.63) is 0 Å². The van der Waals surface area contributed by atoms with Crippen LogP contribution in [0.15, 0.2) is 0 Å². The normalized spacial score (nSPS) is 15.6. The summed E-state index contributed by atoms with van der Waals surface area (Å²) in [7, 11) is 0. The molecule has 0 N–H and O–H groups in total. The Balaban J connectivity index is 5.81. The van der Waals surface area contributed by atoms with Crippen LogP contribution < -0.4 is 0 Å². The number of carbonyl (C=O) groups is 5. The van der Waals surface area contributed by atoms with Crippen molar-refractivity contribution in [2.24, 2.45) is 10.8 Å². The highest BCUT2D eigenvalue weighted by atomic mass is 19.4. The molecule has 0 saturated heterocycles. The predicted octanol–water partition coefficient (Wildman–Crippen LogP) is 3.28. The minimum Gasteiger partial charge on any atom is -0.464 e. The van der Waals surface area contributed by atoms with Crippen molar-refractivity contribution in [1.29, 1.82) is 0 Å². The van der Waals surface area contributed by atoms with Gasteiger partial charge in [0, 0.05) is 13.8 Å². The molecule has 0 radical (unpaired) electrons. The summed E-state index contributed by atoms with van der Waals surface area (Å²) in [6.45, 7) is 8.99. The number of alkyl halides is 3. The fourth-order valence-electron chi connectivity index (χ4n) is 2.40. The Hall–Kier alpha value is -2.86. The van der Waals surface area contributed by atoms with Crippen molar-refractivity contribution in [2.45, 2.75) is 86.1 Å². The summed E-state index contributed by atoms with van der Waals surface area (Å²) in [6.07, 6.45) is -4.89. The molecule has 0 aromatic heterocycles. The van der Waals surface area contributed by atoms with Gasteiger partial charge in [0.25, 0.3) is 5.60 Å². The van der Waals surface area contributed by atoms with Gasteiger partial charge in [-0.05, 0) is 48.0 Å². The summed E-state index contributed by atoms with van der Waals surface area (Å²) in [5.74, 6) is -5.71. The summed E-state index contributed by atoms with van der Waals surface area (Å²) in [5, 5.41) is 0. The average Bonchev–Trinajstić information content (AvgIpc) is 2.71. The van der Waals surface area contributed by atoms with Crippen molar-refractivity contribution in [1.82, 2.24) is 0 Å². The average molecular weight is 529 g/mol. The molecule has 13 heteroatoms. The summed E-state index contributed by atoms with van der Waals surface area (Å²) in [5.41, 5.74) is -7.72. The topological polar surface area (TPSA) is 132 Å². The number of hydrogen-bond donors (Lipinski definition) is 0. The number of ether oxygens (including phenoxy) is 5. The highest BCUT2D eigenvalue weighted by molar-refractivity contribution is 5.84. The number of carbonyl (C=O) groups excluding carboxylic acids is 5. The number of esters is 5. The summed E-state index contributed by atoms with van der Waals surface area (Å²) < 4.78 is 64.8. The molecule has 0 bridgehead atoms. The Bertz CT molecular complexity index is 850. The van der Waals surface area contributed by atoms with E-state index in [2.05, 4.69) is 4.74 Å². The van der Waals surface area contributed by atoms with Gasteiger partial charge in [0.15, 0.2) is 0 Å². The van der Waals surface area contributed by atoms with Gasteiger partial charge in [-0.25, -0.2) is 9.59 Å². The van der Waals surface area contributed by atoms with Crippen molar-refractivity contribution in [2.75, 3.05) is 19.8 Å². The molecule has 208 valence electrons. The van der Waals surface area contributed by atoms with E-state index in [1.807, 2.05) is 0 Å². The lowest BCUT2D eigenvalue weighted by Crippen LogP contribution is -2.54. The van der Waals surface area contributed by atoms with Gasteiger partial charge < -0.3 is 23.7 Å². The number of rotatable bonds is 12. The number of hydrogen-bond acceptors (Lipinski definition) is 10. The van der Waals surface area contributed by atoms with E-state index in [9.17, 15) is 37.1 Å². The molecule has 10 nitrogen and oxygen atoms in total. The smallest absolute Gasteiger partial charge is 0.439 e. The van der Waals surface area contributed by atoms with Gasteiger partial charge >= 0.3 is 36.0 Å². The molecule has 36 heavy (non-hydrogen) atoms. The molecule has 0 aromatic rings. The van der Waals surface area contributed by atoms with E-state index in [-0.39, 0.29) is 0 Å². The van der Waals surface area contributed by atoms with Crippen LogP contribution in [0.5, 0.6) is 0 Å². The zero-order valence-corrected chi connectivity index (χ0v) is 22.0. The van der Waals surface area contributed by atoms with Crippen LogP contribution in [0, 0.1) is 10.8 Å². The Morgan fingerprint density at radius 2 is 1.03 bits per heavy atom. The third kappa shape index (κ3) is 9.30. The highest BCUT2D eigenvalue weighted by Gasteiger charge is 2.62. The Kier molecular flexibility index (Phi) is 11.0.